The lowest BCUT2D eigenvalue weighted by Gasteiger charge is -2.07. The van der Waals surface area contributed by atoms with Crippen molar-refractivity contribution in [1.29, 1.82) is 0 Å². The van der Waals surface area contributed by atoms with Crippen LogP contribution in [0.3, 0.4) is 0 Å². The highest BCUT2D eigenvalue weighted by atomic mass is 16.7. The van der Waals surface area contributed by atoms with E-state index in [4.69, 9.17) is 9.47 Å². The SMILES string of the molecule is Cc1cc2c(NC(=O)c3ccc4c(c3)OCO4)cccc2[nH]1. The molecule has 0 spiro atoms. The zero-order valence-electron chi connectivity index (χ0n) is 12.0. The molecule has 0 unspecified atom stereocenters. The lowest BCUT2D eigenvalue weighted by molar-refractivity contribution is 0.102. The summed E-state index contributed by atoms with van der Waals surface area (Å²) in [7, 11) is 0. The smallest absolute Gasteiger partial charge is 0.255 e. The molecule has 2 aromatic carbocycles. The Morgan fingerprint density at radius 1 is 1.14 bits per heavy atom. The van der Waals surface area contributed by atoms with E-state index in [-0.39, 0.29) is 12.7 Å². The van der Waals surface area contributed by atoms with Gasteiger partial charge < -0.3 is 19.8 Å². The average molecular weight is 294 g/mol. The van der Waals surface area contributed by atoms with Gasteiger partial charge in [-0.05, 0) is 43.3 Å². The van der Waals surface area contributed by atoms with Crippen LogP contribution in [0.15, 0.2) is 42.5 Å². The number of aromatic nitrogens is 1. The Morgan fingerprint density at radius 3 is 2.91 bits per heavy atom. The number of ether oxygens (including phenoxy) is 2. The first-order chi connectivity index (χ1) is 10.7. The van der Waals surface area contributed by atoms with Crippen LogP contribution in [-0.4, -0.2) is 17.7 Å². The van der Waals surface area contributed by atoms with Crippen LogP contribution in [0, 0.1) is 6.92 Å². The summed E-state index contributed by atoms with van der Waals surface area (Å²) in [5.74, 6) is 1.09. The number of aryl methyl sites for hydroxylation is 1. The molecule has 1 aliphatic heterocycles. The van der Waals surface area contributed by atoms with Crippen molar-refractivity contribution in [1.82, 2.24) is 4.98 Å². The average Bonchev–Trinajstić information content (AvgIpc) is 3.12. The summed E-state index contributed by atoms with van der Waals surface area (Å²) in [4.78, 5) is 15.7. The predicted molar refractivity (Wildman–Crippen MR) is 83.6 cm³/mol. The van der Waals surface area contributed by atoms with Crippen molar-refractivity contribution in [2.24, 2.45) is 0 Å². The minimum absolute atomic E-state index is 0.176. The highest BCUT2D eigenvalue weighted by molar-refractivity contribution is 6.09. The molecule has 110 valence electrons. The Balaban J connectivity index is 1.66. The van der Waals surface area contributed by atoms with E-state index in [0.29, 0.717) is 17.1 Å². The van der Waals surface area contributed by atoms with Crippen LogP contribution in [0.4, 0.5) is 5.69 Å². The van der Waals surface area contributed by atoms with E-state index in [1.807, 2.05) is 31.2 Å². The molecule has 3 aromatic rings. The zero-order chi connectivity index (χ0) is 15.1. The number of hydrogen-bond acceptors (Lipinski definition) is 3. The van der Waals surface area contributed by atoms with Crippen LogP contribution in [0.25, 0.3) is 10.9 Å². The lowest BCUT2D eigenvalue weighted by Crippen LogP contribution is -2.11. The summed E-state index contributed by atoms with van der Waals surface area (Å²) in [6, 6.07) is 13.0. The normalized spacial score (nSPS) is 12.6. The standard InChI is InChI=1S/C17H14N2O3/c1-10-7-12-13(18-10)3-2-4-14(12)19-17(20)11-5-6-15-16(8-11)22-9-21-15/h2-8,18H,9H2,1H3,(H,19,20). The number of hydrogen-bond donors (Lipinski definition) is 2. The molecule has 0 saturated carbocycles. The molecule has 5 nitrogen and oxygen atoms in total. The second kappa shape index (κ2) is 4.80. The molecule has 0 radical (unpaired) electrons. The number of carbonyl (C=O) groups excluding carboxylic acids is 1. The molecule has 2 N–H and O–H groups in total. The van der Waals surface area contributed by atoms with Crippen LogP contribution < -0.4 is 14.8 Å². The van der Waals surface area contributed by atoms with E-state index in [1.165, 1.54) is 0 Å². The van der Waals surface area contributed by atoms with Gasteiger partial charge in [-0.25, -0.2) is 0 Å². The minimum atomic E-state index is -0.176. The van der Waals surface area contributed by atoms with E-state index >= 15 is 0 Å². The zero-order valence-corrected chi connectivity index (χ0v) is 12.0. The Hall–Kier alpha value is -2.95. The van der Waals surface area contributed by atoms with Crippen molar-refractivity contribution in [3.8, 4) is 11.5 Å². The van der Waals surface area contributed by atoms with E-state index in [9.17, 15) is 4.79 Å². The molecule has 2 heterocycles. The van der Waals surface area contributed by atoms with Crippen molar-refractivity contribution in [3.63, 3.8) is 0 Å². The minimum Gasteiger partial charge on any atom is -0.454 e. The van der Waals surface area contributed by atoms with Gasteiger partial charge in [-0.1, -0.05) is 6.07 Å². The Bertz CT molecular complexity index is 883. The molecule has 1 aliphatic rings. The van der Waals surface area contributed by atoms with Crippen LogP contribution in [0.5, 0.6) is 11.5 Å². The predicted octanol–water partition coefficient (Wildman–Crippen LogP) is 3.46. The first-order valence-corrected chi connectivity index (χ1v) is 7.00. The number of nitrogens with one attached hydrogen (secondary N) is 2. The van der Waals surface area contributed by atoms with E-state index < -0.39 is 0 Å². The Labute approximate surface area is 126 Å². The summed E-state index contributed by atoms with van der Waals surface area (Å²) >= 11 is 0. The molecule has 0 saturated heterocycles. The number of H-pyrrole nitrogens is 1. The maximum atomic E-state index is 12.4. The van der Waals surface area contributed by atoms with Crippen molar-refractivity contribution in [3.05, 3.63) is 53.7 Å². The number of amides is 1. The van der Waals surface area contributed by atoms with Crippen LogP contribution in [-0.2, 0) is 0 Å². The molecule has 22 heavy (non-hydrogen) atoms. The summed E-state index contributed by atoms with van der Waals surface area (Å²) < 4.78 is 10.6. The van der Waals surface area contributed by atoms with Gasteiger partial charge in [0.2, 0.25) is 6.79 Å². The van der Waals surface area contributed by atoms with Gasteiger partial charge in [-0.2, -0.15) is 0 Å². The van der Waals surface area contributed by atoms with Crippen LogP contribution >= 0.6 is 0 Å². The quantitative estimate of drug-likeness (QED) is 0.761. The first-order valence-electron chi connectivity index (χ1n) is 7.00. The highest BCUT2D eigenvalue weighted by Crippen LogP contribution is 2.33. The first kappa shape index (κ1) is 12.8. The molecule has 0 atom stereocenters. The van der Waals surface area contributed by atoms with Gasteiger partial charge in [0.05, 0.1) is 5.69 Å². The summed E-state index contributed by atoms with van der Waals surface area (Å²) in [6.07, 6.45) is 0. The monoisotopic (exact) mass is 294 g/mol. The molecule has 0 bridgehead atoms. The van der Waals surface area contributed by atoms with Gasteiger partial charge >= 0.3 is 0 Å². The largest absolute Gasteiger partial charge is 0.454 e. The fourth-order valence-electron chi connectivity index (χ4n) is 2.64. The third-order valence-corrected chi connectivity index (χ3v) is 3.68. The third kappa shape index (κ3) is 2.07. The molecule has 1 aromatic heterocycles. The molecule has 0 aliphatic carbocycles. The maximum Gasteiger partial charge on any atom is 0.255 e. The van der Waals surface area contributed by atoms with Gasteiger partial charge in [0, 0.05) is 22.2 Å². The van der Waals surface area contributed by atoms with E-state index in [0.717, 1.165) is 22.3 Å². The van der Waals surface area contributed by atoms with Gasteiger partial charge in [-0.15, -0.1) is 0 Å². The van der Waals surface area contributed by atoms with Crippen LogP contribution in [0.1, 0.15) is 16.1 Å². The van der Waals surface area contributed by atoms with Gasteiger partial charge in [0.15, 0.2) is 11.5 Å². The fraction of sp³-hybridized carbons (Fsp3) is 0.118. The van der Waals surface area contributed by atoms with Crippen LogP contribution in [0.2, 0.25) is 0 Å². The van der Waals surface area contributed by atoms with Gasteiger partial charge in [0.25, 0.3) is 5.91 Å². The molecular weight excluding hydrogens is 280 g/mol. The topological polar surface area (TPSA) is 63.4 Å². The fourth-order valence-corrected chi connectivity index (χ4v) is 2.64. The number of anilines is 1. The third-order valence-electron chi connectivity index (χ3n) is 3.68. The van der Waals surface area contributed by atoms with Crippen molar-refractivity contribution >= 4 is 22.5 Å². The number of fused-ring (bicyclic) bond motifs is 2. The van der Waals surface area contributed by atoms with Gasteiger partial charge in [-0.3, -0.25) is 4.79 Å². The highest BCUT2D eigenvalue weighted by Gasteiger charge is 2.16. The molecular formula is C17H14N2O3. The summed E-state index contributed by atoms with van der Waals surface area (Å²) in [5.41, 5.74) is 3.37. The molecule has 1 amide bonds. The summed E-state index contributed by atoms with van der Waals surface area (Å²) in [5, 5.41) is 3.94. The summed E-state index contributed by atoms with van der Waals surface area (Å²) in [6.45, 7) is 2.19. The van der Waals surface area contributed by atoms with Gasteiger partial charge in [0.1, 0.15) is 0 Å². The number of rotatable bonds is 2. The van der Waals surface area contributed by atoms with Crippen molar-refractivity contribution in [2.45, 2.75) is 6.92 Å². The second-order valence-electron chi connectivity index (χ2n) is 5.24. The lowest BCUT2D eigenvalue weighted by atomic mass is 10.1. The molecule has 0 fully saturated rings. The number of carbonyl (C=O) groups is 1. The number of benzene rings is 2. The van der Waals surface area contributed by atoms with Crippen molar-refractivity contribution in [2.75, 3.05) is 12.1 Å². The Kier molecular flexibility index (Phi) is 2.79. The molecule has 5 heteroatoms. The second-order valence-corrected chi connectivity index (χ2v) is 5.24. The van der Waals surface area contributed by atoms with E-state index in [2.05, 4.69) is 10.3 Å². The van der Waals surface area contributed by atoms with Crippen molar-refractivity contribution < 1.29 is 14.3 Å². The van der Waals surface area contributed by atoms with E-state index in [1.54, 1.807) is 18.2 Å². The Morgan fingerprint density at radius 2 is 2.00 bits per heavy atom. The number of aromatic amines is 1. The maximum absolute atomic E-state index is 12.4. The molecule has 4 rings (SSSR count).